The zero-order chi connectivity index (χ0) is 13.8. The molecule has 1 aromatic rings. The average Bonchev–Trinajstić information content (AvgIpc) is 2.85. The second-order valence-electron chi connectivity index (χ2n) is 5.08. The van der Waals surface area contributed by atoms with Gasteiger partial charge in [0.1, 0.15) is 6.04 Å². The van der Waals surface area contributed by atoms with Crippen molar-refractivity contribution >= 4 is 11.8 Å². The van der Waals surface area contributed by atoms with Gasteiger partial charge in [-0.25, -0.2) is 0 Å². The lowest BCUT2D eigenvalue weighted by molar-refractivity contribution is -0.136. The van der Waals surface area contributed by atoms with Gasteiger partial charge in [0, 0.05) is 20.0 Å². The molecule has 102 valence electrons. The van der Waals surface area contributed by atoms with E-state index in [9.17, 15) is 9.59 Å². The maximum Gasteiger partial charge on any atom is 0.243 e. The highest BCUT2D eigenvalue weighted by molar-refractivity contribution is 5.87. The number of rotatable bonds is 3. The average molecular weight is 260 g/mol. The topological polar surface area (TPSA) is 49.4 Å². The second-order valence-corrected chi connectivity index (χ2v) is 5.08. The van der Waals surface area contributed by atoms with E-state index in [0.717, 1.165) is 18.4 Å². The van der Waals surface area contributed by atoms with Crippen LogP contribution in [0.15, 0.2) is 24.3 Å². The van der Waals surface area contributed by atoms with Gasteiger partial charge in [-0.05, 0) is 25.3 Å². The minimum absolute atomic E-state index is 0.0202. The summed E-state index contributed by atoms with van der Waals surface area (Å²) in [6.07, 6.45) is 1.67. The van der Waals surface area contributed by atoms with Crippen LogP contribution < -0.4 is 5.32 Å². The molecule has 1 saturated heterocycles. The molecule has 1 aromatic carbocycles. The number of nitrogens with one attached hydrogen (secondary N) is 1. The predicted molar refractivity (Wildman–Crippen MR) is 73.4 cm³/mol. The number of carbonyl (C=O) groups excluding carboxylic acids is 2. The molecule has 0 bridgehead atoms. The lowest BCUT2D eigenvalue weighted by Gasteiger charge is -2.22. The summed E-state index contributed by atoms with van der Waals surface area (Å²) >= 11 is 0. The van der Waals surface area contributed by atoms with Crippen molar-refractivity contribution in [3.8, 4) is 0 Å². The molecule has 0 radical (unpaired) electrons. The third-order valence-corrected chi connectivity index (χ3v) is 3.51. The predicted octanol–water partition coefficient (Wildman–Crippen LogP) is 1.62. The van der Waals surface area contributed by atoms with Crippen LogP contribution in [0.5, 0.6) is 0 Å². The van der Waals surface area contributed by atoms with E-state index in [1.54, 1.807) is 4.90 Å². The van der Waals surface area contributed by atoms with E-state index in [1.807, 2.05) is 25.1 Å². The van der Waals surface area contributed by atoms with Crippen molar-refractivity contribution < 1.29 is 9.59 Å². The van der Waals surface area contributed by atoms with E-state index in [2.05, 4.69) is 11.4 Å². The molecule has 1 atom stereocenters. The van der Waals surface area contributed by atoms with Crippen molar-refractivity contribution in [2.45, 2.75) is 39.3 Å². The largest absolute Gasteiger partial charge is 0.350 e. The first kappa shape index (κ1) is 13.6. The molecule has 1 unspecified atom stereocenters. The van der Waals surface area contributed by atoms with Crippen molar-refractivity contribution in [2.75, 3.05) is 6.54 Å². The van der Waals surface area contributed by atoms with Crippen molar-refractivity contribution in [3.63, 3.8) is 0 Å². The quantitative estimate of drug-likeness (QED) is 0.898. The van der Waals surface area contributed by atoms with E-state index in [1.165, 1.54) is 12.5 Å². The number of carbonyl (C=O) groups is 2. The van der Waals surface area contributed by atoms with Gasteiger partial charge in [-0.2, -0.15) is 0 Å². The standard InChI is InChI=1S/C15H20N2O2/c1-11-5-3-6-13(9-11)10-16-15(19)14-7-4-8-17(14)12(2)18/h3,5-6,9,14H,4,7-8,10H2,1-2H3,(H,16,19). The van der Waals surface area contributed by atoms with Crippen LogP contribution in [0, 0.1) is 6.92 Å². The van der Waals surface area contributed by atoms with Crippen LogP contribution in [0.25, 0.3) is 0 Å². The molecule has 19 heavy (non-hydrogen) atoms. The molecule has 1 N–H and O–H groups in total. The lowest BCUT2D eigenvalue weighted by Crippen LogP contribution is -2.44. The number of likely N-dealkylation sites (tertiary alicyclic amines) is 1. The first-order chi connectivity index (χ1) is 9.08. The third-order valence-electron chi connectivity index (χ3n) is 3.51. The molecule has 0 aromatic heterocycles. The van der Waals surface area contributed by atoms with Gasteiger partial charge < -0.3 is 10.2 Å². The van der Waals surface area contributed by atoms with Crippen molar-refractivity contribution in [1.82, 2.24) is 10.2 Å². The van der Waals surface area contributed by atoms with Crippen LogP contribution in [-0.2, 0) is 16.1 Å². The first-order valence-electron chi connectivity index (χ1n) is 6.68. The monoisotopic (exact) mass is 260 g/mol. The summed E-state index contributed by atoms with van der Waals surface area (Å²) < 4.78 is 0. The van der Waals surface area contributed by atoms with Gasteiger partial charge in [0.25, 0.3) is 0 Å². The van der Waals surface area contributed by atoms with Crippen LogP contribution >= 0.6 is 0 Å². The molecule has 2 rings (SSSR count). The van der Waals surface area contributed by atoms with Gasteiger partial charge in [-0.15, -0.1) is 0 Å². The second kappa shape index (κ2) is 5.87. The molecule has 1 aliphatic heterocycles. The zero-order valence-electron chi connectivity index (χ0n) is 11.5. The number of nitrogens with zero attached hydrogens (tertiary/aromatic N) is 1. The van der Waals surface area contributed by atoms with E-state index in [4.69, 9.17) is 0 Å². The maximum absolute atomic E-state index is 12.1. The molecular weight excluding hydrogens is 240 g/mol. The maximum atomic E-state index is 12.1. The Bertz CT molecular complexity index is 485. The Labute approximate surface area is 113 Å². The third kappa shape index (κ3) is 3.34. The Morgan fingerprint density at radius 3 is 2.89 bits per heavy atom. The van der Waals surface area contributed by atoms with E-state index in [0.29, 0.717) is 13.1 Å². The minimum atomic E-state index is -0.290. The number of aryl methyl sites for hydroxylation is 1. The summed E-state index contributed by atoms with van der Waals surface area (Å²) in [5.41, 5.74) is 2.26. The van der Waals surface area contributed by atoms with E-state index >= 15 is 0 Å². The van der Waals surface area contributed by atoms with Crippen LogP contribution in [0.2, 0.25) is 0 Å². The fraction of sp³-hybridized carbons (Fsp3) is 0.467. The molecule has 1 aliphatic rings. The molecule has 4 nitrogen and oxygen atoms in total. The molecule has 4 heteroatoms. The SMILES string of the molecule is CC(=O)N1CCCC1C(=O)NCc1cccc(C)c1. The van der Waals surface area contributed by atoms with E-state index in [-0.39, 0.29) is 17.9 Å². The first-order valence-corrected chi connectivity index (χ1v) is 6.68. The zero-order valence-corrected chi connectivity index (χ0v) is 11.5. The van der Waals surface area contributed by atoms with Crippen LogP contribution in [-0.4, -0.2) is 29.3 Å². The molecule has 0 spiro atoms. The summed E-state index contributed by atoms with van der Waals surface area (Å²) in [6, 6.07) is 7.76. The summed E-state index contributed by atoms with van der Waals surface area (Å²) in [7, 11) is 0. The molecule has 0 saturated carbocycles. The molecule has 0 aliphatic carbocycles. The molecule has 2 amide bonds. The normalized spacial score (nSPS) is 18.4. The minimum Gasteiger partial charge on any atom is -0.350 e. The van der Waals surface area contributed by atoms with Crippen LogP contribution in [0.4, 0.5) is 0 Å². The Kier molecular flexibility index (Phi) is 4.20. The van der Waals surface area contributed by atoms with E-state index < -0.39 is 0 Å². The summed E-state index contributed by atoms with van der Waals surface area (Å²) in [6.45, 7) is 4.76. The Morgan fingerprint density at radius 2 is 2.21 bits per heavy atom. The highest BCUT2D eigenvalue weighted by atomic mass is 16.2. The fourth-order valence-corrected chi connectivity index (χ4v) is 2.55. The molecular formula is C15H20N2O2. The fourth-order valence-electron chi connectivity index (χ4n) is 2.55. The molecule has 1 fully saturated rings. The summed E-state index contributed by atoms with van der Waals surface area (Å²) in [5, 5.41) is 2.92. The van der Waals surface area contributed by atoms with Crippen LogP contribution in [0.3, 0.4) is 0 Å². The highest BCUT2D eigenvalue weighted by Crippen LogP contribution is 2.17. The van der Waals surface area contributed by atoms with Gasteiger partial charge in [0.05, 0.1) is 0 Å². The smallest absolute Gasteiger partial charge is 0.243 e. The summed E-state index contributed by atoms with van der Waals surface area (Å²) in [5.74, 6) is -0.0672. The van der Waals surface area contributed by atoms with Crippen LogP contribution in [0.1, 0.15) is 30.9 Å². The number of hydrogen-bond acceptors (Lipinski definition) is 2. The van der Waals surface area contributed by atoms with Gasteiger partial charge in [0.15, 0.2) is 0 Å². The molecule has 1 heterocycles. The Balaban J connectivity index is 1.92. The Hall–Kier alpha value is -1.84. The number of amides is 2. The van der Waals surface area contributed by atoms with Gasteiger partial charge in [-0.1, -0.05) is 29.8 Å². The summed E-state index contributed by atoms with van der Waals surface area (Å²) in [4.78, 5) is 25.2. The van der Waals surface area contributed by atoms with Gasteiger partial charge >= 0.3 is 0 Å². The number of hydrogen-bond donors (Lipinski definition) is 1. The van der Waals surface area contributed by atoms with Gasteiger partial charge in [0.2, 0.25) is 11.8 Å². The van der Waals surface area contributed by atoms with Crippen molar-refractivity contribution in [3.05, 3.63) is 35.4 Å². The highest BCUT2D eigenvalue weighted by Gasteiger charge is 2.31. The van der Waals surface area contributed by atoms with Crippen molar-refractivity contribution in [1.29, 1.82) is 0 Å². The lowest BCUT2D eigenvalue weighted by atomic mass is 10.1. The Morgan fingerprint density at radius 1 is 1.42 bits per heavy atom. The van der Waals surface area contributed by atoms with Crippen molar-refractivity contribution in [2.24, 2.45) is 0 Å². The van der Waals surface area contributed by atoms with Gasteiger partial charge in [-0.3, -0.25) is 9.59 Å². The number of benzene rings is 1.